The maximum Gasteiger partial charge on any atom is 0.229 e. The highest BCUT2D eigenvalue weighted by molar-refractivity contribution is 5.56. The summed E-state index contributed by atoms with van der Waals surface area (Å²) < 4.78 is 21.4. The Morgan fingerprint density at radius 1 is 0.674 bits per heavy atom. The fourth-order valence-electron chi connectivity index (χ4n) is 4.42. The van der Waals surface area contributed by atoms with E-state index in [1.165, 1.54) is 24.3 Å². The fraction of sp³-hybridized carbons (Fsp3) is 0.448. The molecule has 234 valence electrons. The van der Waals surface area contributed by atoms with Crippen molar-refractivity contribution in [2.45, 2.75) is 67.8 Å². The van der Waals surface area contributed by atoms with Crippen molar-refractivity contribution in [2.24, 2.45) is 0 Å². The van der Waals surface area contributed by atoms with E-state index in [1.807, 2.05) is 0 Å². The number of hydrogen-bond donors (Lipinski definition) is 10. The zero-order valence-corrected chi connectivity index (χ0v) is 22.6. The van der Waals surface area contributed by atoms with Gasteiger partial charge >= 0.3 is 0 Å². The Morgan fingerprint density at radius 3 is 1.67 bits per heavy atom. The van der Waals surface area contributed by atoms with E-state index >= 15 is 0 Å². The highest BCUT2D eigenvalue weighted by atomic mass is 16.7. The molecule has 4 rings (SSSR count). The molecule has 14 heteroatoms. The summed E-state index contributed by atoms with van der Waals surface area (Å²) in [5.74, 6) is 5.02. The molecule has 0 aromatic heterocycles. The van der Waals surface area contributed by atoms with Gasteiger partial charge in [0, 0.05) is 12.0 Å². The number of phenolic OH excluding ortho intramolecular Hbond substituents is 2. The number of phenols is 2. The molecule has 10 atom stereocenters. The minimum Gasteiger partial charge on any atom is -0.504 e. The van der Waals surface area contributed by atoms with Gasteiger partial charge in [0.25, 0.3) is 0 Å². The molecule has 10 unspecified atom stereocenters. The van der Waals surface area contributed by atoms with Crippen LogP contribution in [0.5, 0.6) is 23.0 Å². The average molecular weight is 607 g/mol. The van der Waals surface area contributed by atoms with Gasteiger partial charge in [0.15, 0.2) is 23.0 Å². The molecule has 14 nitrogen and oxygen atoms in total. The van der Waals surface area contributed by atoms with Crippen LogP contribution in [-0.4, -0.2) is 126 Å². The number of ether oxygens (including phenoxy) is 4. The quantitative estimate of drug-likeness (QED) is 0.145. The Labute approximate surface area is 245 Å². The topological polar surface area (TPSA) is 239 Å². The van der Waals surface area contributed by atoms with Crippen molar-refractivity contribution in [3.05, 3.63) is 53.6 Å². The van der Waals surface area contributed by atoms with Gasteiger partial charge in [-0.15, -0.1) is 0 Å². The molecule has 0 radical (unpaired) electrons. The van der Waals surface area contributed by atoms with Crippen molar-refractivity contribution < 1.29 is 70.0 Å². The van der Waals surface area contributed by atoms with Crippen LogP contribution in [0.2, 0.25) is 0 Å². The summed E-state index contributed by atoms with van der Waals surface area (Å²) in [5.41, 5.74) is 1.03. The standard InChI is InChI=1S/C29H34O14/c30-12-20-22(34)24(36)26(38)28(42-20)40-18-8-6-14(10-16(18)32)4-2-1-3-5-15-7-9-19(17(33)11-15)41-29-27(39)25(37)23(35)21(13-31)43-29/h2,4,6-11,20-39H,1,12-13H2. The first-order chi connectivity index (χ1) is 20.5. The monoisotopic (exact) mass is 606 g/mol. The highest BCUT2D eigenvalue weighted by Crippen LogP contribution is 2.32. The maximum absolute atomic E-state index is 10.3. The summed E-state index contributed by atoms with van der Waals surface area (Å²) in [6.45, 7) is -1.23. The molecule has 2 heterocycles. The average Bonchev–Trinajstić information content (AvgIpc) is 2.99. The Balaban J connectivity index is 1.31. The first kappa shape index (κ1) is 32.5. The van der Waals surface area contributed by atoms with Crippen LogP contribution in [0.25, 0.3) is 6.08 Å². The number of benzene rings is 2. The van der Waals surface area contributed by atoms with Gasteiger partial charge < -0.3 is 70.0 Å². The maximum atomic E-state index is 10.3. The number of aromatic hydroxyl groups is 2. The molecule has 2 aromatic carbocycles. The van der Waals surface area contributed by atoms with Crippen LogP contribution >= 0.6 is 0 Å². The van der Waals surface area contributed by atoms with Crippen molar-refractivity contribution in [1.82, 2.24) is 0 Å². The molecule has 0 aliphatic carbocycles. The number of allylic oxidation sites excluding steroid dienone is 1. The van der Waals surface area contributed by atoms with Gasteiger partial charge in [-0.3, -0.25) is 0 Å². The Bertz CT molecular complexity index is 1320. The SMILES string of the molecule is OCC1OC(Oc2ccc(C#CCC=Cc3ccc(OC4OC(CO)C(O)C(O)C4O)c(O)c3)cc2O)C(O)C(O)C1O. The van der Waals surface area contributed by atoms with Gasteiger partial charge in [-0.25, -0.2) is 0 Å². The zero-order valence-electron chi connectivity index (χ0n) is 22.6. The van der Waals surface area contributed by atoms with Crippen LogP contribution in [0.1, 0.15) is 17.5 Å². The number of rotatable bonds is 8. The minimum atomic E-state index is -1.63. The summed E-state index contributed by atoms with van der Waals surface area (Å²) >= 11 is 0. The molecular weight excluding hydrogens is 572 g/mol. The van der Waals surface area contributed by atoms with E-state index in [1.54, 1.807) is 24.3 Å². The van der Waals surface area contributed by atoms with Crippen molar-refractivity contribution in [3.8, 4) is 34.8 Å². The lowest BCUT2D eigenvalue weighted by Gasteiger charge is -2.39. The van der Waals surface area contributed by atoms with E-state index in [4.69, 9.17) is 18.9 Å². The van der Waals surface area contributed by atoms with E-state index in [2.05, 4.69) is 11.8 Å². The van der Waals surface area contributed by atoms with E-state index in [0.717, 1.165) is 0 Å². The second kappa shape index (κ2) is 14.3. The molecule has 2 aliphatic rings. The molecule has 0 saturated carbocycles. The lowest BCUT2D eigenvalue weighted by molar-refractivity contribution is -0.277. The van der Waals surface area contributed by atoms with Gasteiger partial charge in [-0.05, 0) is 35.9 Å². The van der Waals surface area contributed by atoms with E-state index in [0.29, 0.717) is 17.5 Å². The van der Waals surface area contributed by atoms with Crippen LogP contribution in [0, 0.1) is 11.8 Å². The van der Waals surface area contributed by atoms with Gasteiger partial charge in [0.1, 0.15) is 48.8 Å². The summed E-state index contributed by atoms with van der Waals surface area (Å²) in [5, 5.41) is 99.0. The first-order valence-corrected chi connectivity index (χ1v) is 13.3. The Hall–Kier alpha value is -3.46. The predicted molar refractivity (Wildman–Crippen MR) is 146 cm³/mol. The molecule has 2 saturated heterocycles. The number of hydrogen-bond acceptors (Lipinski definition) is 14. The van der Waals surface area contributed by atoms with Crippen LogP contribution in [0.15, 0.2) is 42.5 Å². The van der Waals surface area contributed by atoms with Crippen LogP contribution in [0.3, 0.4) is 0 Å². The number of aliphatic hydroxyl groups is 8. The molecule has 0 bridgehead atoms. The highest BCUT2D eigenvalue weighted by Gasteiger charge is 2.46. The van der Waals surface area contributed by atoms with E-state index < -0.39 is 74.6 Å². The predicted octanol–water partition coefficient (Wildman–Crippen LogP) is -2.09. The molecule has 2 fully saturated rings. The summed E-state index contributed by atoms with van der Waals surface area (Å²) in [4.78, 5) is 0. The van der Waals surface area contributed by atoms with Crippen molar-refractivity contribution in [2.75, 3.05) is 13.2 Å². The summed E-state index contributed by atoms with van der Waals surface area (Å²) in [6.07, 6.45) is -11.1. The lowest BCUT2D eigenvalue weighted by atomic mass is 9.99. The molecule has 2 aromatic rings. The molecular formula is C29H34O14. The molecule has 0 spiro atoms. The largest absolute Gasteiger partial charge is 0.504 e. The fourth-order valence-corrected chi connectivity index (χ4v) is 4.42. The second-order valence-corrected chi connectivity index (χ2v) is 9.95. The Morgan fingerprint density at radius 2 is 1.19 bits per heavy atom. The summed E-state index contributed by atoms with van der Waals surface area (Å²) in [7, 11) is 0. The van der Waals surface area contributed by atoms with Crippen molar-refractivity contribution in [1.29, 1.82) is 0 Å². The van der Waals surface area contributed by atoms with Gasteiger partial charge in [0.05, 0.1) is 13.2 Å². The number of aliphatic hydroxyl groups excluding tert-OH is 8. The van der Waals surface area contributed by atoms with E-state index in [9.17, 15) is 51.1 Å². The third-order valence-corrected chi connectivity index (χ3v) is 6.89. The van der Waals surface area contributed by atoms with Gasteiger partial charge in [0.2, 0.25) is 12.6 Å². The van der Waals surface area contributed by atoms with Crippen molar-refractivity contribution >= 4 is 6.08 Å². The third kappa shape index (κ3) is 7.55. The minimum absolute atomic E-state index is 0.0555. The normalized spacial score (nSPS) is 32.7. The zero-order chi connectivity index (χ0) is 31.3. The van der Waals surface area contributed by atoms with Crippen LogP contribution in [0.4, 0.5) is 0 Å². The molecule has 43 heavy (non-hydrogen) atoms. The lowest BCUT2D eigenvalue weighted by Crippen LogP contribution is -2.60. The smallest absolute Gasteiger partial charge is 0.229 e. The van der Waals surface area contributed by atoms with Crippen molar-refractivity contribution in [3.63, 3.8) is 0 Å². The molecule has 0 amide bonds. The third-order valence-electron chi connectivity index (χ3n) is 6.89. The van der Waals surface area contributed by atoms with Crippen LogP contribution < -0.4 is 9.47 Å². The molecule has 2 aliphatic heterocycles. The first-order valence-electron chi connectivity index (χ1n) is 13.3. The molecule has 10 N–H and O–H groups in total. The summed E-state index contributed by atoms with van der Waals surface area (Å²) in [6, 6.07) is 8.65. The second-order valence-electron chi connectivity index (χ2n) is 9.95. The van der Waals surface area contributed by atoms with Gasteiger partial charge in [-0.2, -0.15) is 0 Å². The van der Waals surface area contributed by atoms with Crippen LogP contribution in [-0.2, 0) is 9.47 Å². The van der Waals surface area contributed by atoms with E-state index in [-0.39, 0.29) is 23.0 Å². The Kier molecular flexibility index (Phi) is 10.8. The van der Waals surface area contributed by atoms with Gasteiger partial charge in [-0.1, -0.05) is 30.1 Å².